The number of nitrogens with one attached hydrogen (secondary N) is 1. The SMILES string of the molecule is CCCn1ncc(Cl)c1C(CC(C)CC(C)(C)C)NC. The maximum Gasteiger partial charge on any atom is 0.0834 e. The van der Waals surface area contributed by atoms with Gasteiger partial charge in [-0.05, 0) is 37.6 Å². The fourth-order valence-electron chi connectivity index (χ4n) is 3.01. The molecule has 0 bridgehead atoms. The molecule has 0 aromatic carbocycles. The molecule has 1 aromatic heterocycles. The molecule has 0 aliphatic heterocycles. The van der Waals surface area contributed by atoms with E-state index in [1.165, 1.54) is 6.42 Å². The average Bonchev–Trinajstić information content (AvgIpc) is 2.66. The van der Waals surface area contributed by atoms with E-state index in [1.54, 1.807) is 6.20 Å². The molecule has 1 heterocycles. The van der Waals surface area contributed by atoms with Crippen LogP contribution in [0.4, 0.5) is 0 Å². The van der Waals surface area contributed by atoms with Gasteiger partial charge in [0.05, 0.1) is 23.0 Å². The molecular formula is C16H30ClN3. The topological polar surface area (TPSA) is 29.9 Å². The maximum absolute atomic E-state index is 6.35. The first-order chi connectivity index (χ1) is 9.28. The lowest BCUT2D eigenvalue weighted by atomic mass is 9.82. The summed E-state index contributed by atoms with van der Waals surface area (Å²) in [5.74, 6) is 0.647. The Bertz CT molecular complexity index is 406. The van der Waals surface area contributed by atoms with Gasteiger partial charge in [0.25, 0.3) is 0 Å². The van der Waals surface area contributed by atoms with Gasteiger partial charge in [-0.1, -0.05) is 46.2 Å². The first kappa shape index (κ1) is 17.5. The minimum atomic E-state index is 0.272. The monoisotopic (exact) mass is 299 g/mol. The van der Waals surface area contributed by atoms with Crippen molar-refractivity contribution in [2.45, 2.75) is 66.5 Å². The van der Waals surface area contributed by atoms with Gasteiger partial charge in [-0.25, -0.2) is 0 Å². The molecule has 0 saturated heterocycles. The molecule has 1 aromatic rings. The summed E-state index contributed by atoms with van der Waals surface area (Å²) in [4.78, 5) is 0. The van der Waals surface area contributed by atoms with Crippen LogP contribution in [0.2, 0.25) is 5.02 Å². The van der Waals surface area contributed by atoms with Gasteiger partial charge in [-0.15, -0.1) is 0 Å². The Morgan fingerprint density at radius 3 is 2.55 bits per heavy atom. The lowest BCUT2D eigenvalue weighted by molar-refractivity contribution is 0.275. The van der Waals surface area contributed by atoms with Crippen molar-refractivity contribution >= 4 is 11.6 Å². The predicted molar refractivity (Wildman–Crippen MR) is 87.2 cm³/mol. The van der Waals surface area contributed by atoms with E-state index in [0.717, 1.165) is 30.1 Å². The van der Waals surface area contributed by atoms with Gasteiger partial charge in [-0.2, -0.15) is 5.10 Å². The Morgan fingerprint density at radius 1 is 1.40 bits per heavy atom. The van der Waals surface area contributed by atoms with Crippen molar-refractivity contribution in [1.82, 2.24) is 15.1 Å². The van der Waals surface area contributed by atoms with Crippen LogP contribution in [0.1, 0.15) is 65.6 Å². The zero-order valence-electron chi connectivity index (χ0n) is 13.8. The quantitative estimate of drug-likeness (QED) is 0.793. The highest BCUT2D eigenvalue weighted by atomic mass is 35.5. The third kappa shape index (κ3) is 5.10. The average molecular weight is 300 g/mol. The smallest absolute Gasteiger partial charge is 0.0834 e. The molecule has 2 atom stereocenters. The molecule has 4 heteroatoms. The van der Waals surface area contributed by atoms with Crippen molar-refractivity contribution in [2.75, 3.05) is 7.05 Å². The predicted octanol–water partition coefficient (Wildman–Crippen LogP) is 4.67. The van der Waals surface area contributed by atoms with Gasteiger partial charge in [0.1, 0.15) is 0 Å². The molecule has 116 valence electrons. The number of aromatic nitrogens is 2. The fraction of sp³-hybridized carbons (Fsp3) is 0.812. The molecule has 0 fully saturated rings. The third-order valence-corrected chi connectivity index (χ3v) is 3.84. The summed E-state index contributed by atoms with van der Waals surface area (Å²) in [5.41, 5.74) is 1.50. The van der Waals surface area contributed by atoms with Crippen molar-refractivity contribution in [1.29, 1.82) is 0 Å². The summed E-state index contributed by atoms with van der Waals surface area (Å²) in [6, 6.07) is 0.272. The molecule has 0 amide bonds. The summed E-state index contributed by atoms with van der Waals surface area (Å²) < 4.78 is 2.05. The Kier molecular flexibility index (Phi) is 6.53. The number of aryl methyl sites for hydroxylation is 1. The Labute approximate surface area is 129 Å². The van der Waals surface area contributed by atoms with E-state index in [4.69, 9.17) is 11.6 Å². The molecule has 0 saturated carbocycles. The van der Waals surface area contributed by atoms with Crippen LogP contribution in [0.15, 0.2) is 6.20 Å². The Balaban J connectivity index is 2.83. The van der Waals surface area contributed by atoms with E-state index >= 15 is 0 Å². The molecular weight excluding hydrogens is 270 g/mol. The van der Waals surface area contributed by atoms with Gasteiger partial charge in [0.2, 0.25) is 0 Å². The second kappa shape index (κ2) is 7.46. The second-order valence-corrected chi connectivity index (χ2v) is 7.46. The van der Waals surface area contributed by atoms with Crippen molar-refractivity contribution < 1.29 is 0 Å². The molecule has 1 N–H and O–H groups in total. The number of hydrogen-bond acceptors (Lipinski definition) is 2. The maximum atomic E-state index is 6.35. The van der Waals surface area contributed by atoms with Crippen LogP contribution >= 0.6 is 11.6 Å². The van der Waals surface area contributed by atoms with Crippen LogP contribution in [-0.4, -0.2) is 16.8 Å². The lowest BCUT2D eigenvalue weighted by Crippen LogP contribution is -2.24. The number of nitrogens with zero attached hydrogens (tertiary/aromatic N) is 2. The third-order valence-electron chi connectivity index (χ3n) is 3.55. The first-order valence-corrected chi connectivity index (χ1v) is 8.04. The van der Waals surface area contributed by atoms with Gasteiger partial charge in [-0.3, -0.25) is 4.68 Å². The van der Waals surface area contributed by atoms with Crippen molar-refractivity contribution in [3.05, 3.63) is 16.9 Å². The van der Waals surface area contributed by atoms with Gasteiger partial charge in [0, 0.05) is 6.54 Å². The highest BCUT2D eigenvalue weighted by molar-refractivity contribution is 6.31. The molecule has 0 radical (unpaired) electrons. The zero-order valence-corrected chi connectivity index (χ0v) is 14.6. The minimum Gasteiger partial charge on any atom is -0.312 e. The van der Waals surface area contributed by atoms with Crippen LogP contribution in [0.3, 0.4) is 0 Å². The van der Waals surface area contributed by atoms with Crippen molar-refractivity contribution in [3.63, 3.8) is 0 Å². The summed E-state index contributed by atoms with van der Waals surface area (Å²) in [6.07, 6.45) is 5.14. The molecule has 2 unspecified atom stereocenters. The Morgan fingerprint density at radius 2 is 2.05 bits per heavy atom. The fourth-order valence-corrected chi connectivity index (χ4v) is 3.28. The van der Waals surface area contributed by atoms with Crippen LogP contribution in [-0.2, 0) is 6.54 Å². The van der Waals surface area contributed by atoms with E-state index in [-0.39, 0.29) is 6.04 Å². The van der Waals surface area contributed by atoms with E-state index in [1.807, 2.05) is 11.7 Å². The first-order valence-electron chi connectivity index (χ1n) is 7.67. The van der Waals surface area contributed by atoms with E-state index in [2.05, 4.69) is 45.0 Å². The molecule has 3 nitrogen and oxygen atoms in total. The molecule has 0 aliphatic carbocycles. The van der Waals surface area contributed by atoms with Crippen molar-refractivity contribution in [2.24, 2.45) is 11.3 Å². The number of halogens is 1. The Hall–Kier alpha value is -0.540. The van der Waals surface area contributed by atoms with Gasteiger partial charge >= 0.3 is 0 Å². The summed E-state index contributed by atoms with van der Waals surface area (Å²) in [5, 5.41) is 8.59. The summed E-state index contributed by atoms with van der Waals surface area (Å²) >= 11 is 6.35. The van der Waals surface area contributed by atoms with E-state index in [0.29, 0.717) is 11.3 Å². The molecule has 1 rings (SSSR count). The normalized spacial score (nSPS) is 15.3. The minimum absolute atomic E-state index is 0.272. The molecule has 20 heavy (non-hydrogen) atoms. The highest BCUT2D eigenvalue weighted by Crippen LogP contribution is 2.32. The summed E-state index contributed by atoms with van der Waals surface area (Å²) in [6.45, 7) is 12.3. The van der Waals surface area contributed by atoms with E-state index in [9.17, 15) is 0 Å². The van der Waals surface area contributed by atoms with Crippen LogP contribution in [0.5, 0.6) is 0 Å². The van der Waals surface area contributed by atoms with Crippen molar-refractivity contribution in [3.8, 4) is 0 Å². The van der Waals surface area contributed by atoms with Crippen LogP contribution in [0, 0.1) is 11.3 Å². The second-order valence-electron chi connectivity index (χ2n) is 7.05. The number of hydrogen-bond donors (Lipinski definition) is 1. The lowest BCUT2D eigenvalue weighted by Gasteiger charge is -2.27. The number of rotatable bonds is 7. The van der Waals surface area contributed by atoms with Crippen LogP contribution in [0.25, 0.3) is 0 Å². The largest absolute Gasteiger partial charge is 0.312 e. The van der Waals surface area contributed by atoms with Gasteiger partial charge < -0.3 is 5.32 Å². The highest BCUT2D eigenvalue weighted by Gasteiger charge is 2.23. The summed E-state index contributed by atoms with van der Waals surface area (Å²) in [7, 11) is 2.01. The molecule has 0 spiro atoms. The van der Waals surface area contributed by atoms with E-state index < -0.39 is 0 Å². The standard InChI is InChI=1S/C16H30ClN3/c1-7-8-20-15(13(17)11-19-20)14(18-6)9-12(2)10-16(3,4)5/h11-12,14,18H,7-10H2,1-6H3. The van der Waals surface area contributed by atoms with Crippen LogP contribution < -0.4 is 5.32 Å². The van der Waals surface area contributed by atoms with Gasteiger partial charge in [0.15, 0.2) is 0 Å². The molecule has 0 aliphatic rings. The zero-order chi connectivity index (χ0) is 15.3.